The van der Waals surface area contributed by atoms with Crippen molar-refractivity contribution in [1.82, 2.24) is 10.2 Å². The molecule has 2 amide bonds. The van der Waals surface area contributed by atoms with Crippen molar-refractivity contribution in [3.8, 4) is 5.75 Å². The molecule has 0 unspecified atom stereocenters. The highest BCUT2D eigenvalue weighted by atomic mass is 35.5. The van der Waals surface area contributed by atoms with Gasteiger partial charge in [-0.1, -0.05) is 49.2 Å². The van der Waals surface area contributed by atoms with Crippen LogP contribution in [0.3, 0.4) is 0 Å². The summed E-state index contributed by atoms with van der Waals surface area (Å²) in [4.78, 5) is 28.5. The van der Waals surface area contributed by atoms with Crippen molar-refractivity contribution in [3.05, 3.63) is 88.4 Å². The lowest BCUT2D eigenvalue weighted by atomic mass is 10.1. The van der Waals surface area contributed by atoms with E-state index in [0.717, 1.165) is 16.3 Å². The summed E-state index contributed by atoms with van der Waals surface area (Å²) in [6, 6.07) is 18.2. The zero-order valence-electron chi connectivity index (χ0n) is 22.6. The molecule has 8 nitrogen and oxygen atoms in total. The average Bonchev–Trinajstić information content (AvgIpc) is 2.96. The first-order chi connectivity index (χ1) is 19.1. The molecule has 0 aromatic heterocycles. The molecule has 1 atom stereocenters. The Hall–Kier alpha value is -3.27. The second kappa shape index (κ2) is 14.4. The number of hydrogen-bond donors (Lipinski definition) is 1. The number of ether oxygens (including phenoxy) is 1. The zero-order valence-corrected chi connectivity index (χ0v) is 25.0. The molecule has 3 rings (SSSR count). The number of amides is 2. The molecule has 0 saturated heterocycles. The highest BCUT2D eigenvalue weighted by Gasteiger charge is 2.33. The summed E-state index contributed by atoms with van der Waals surface area (Å²) in [6.45, 7) is 3.75. The van der Waals surface area contributed by atoms with Gasteiger partial charge in [-0.2, -0.15) is 0 Å². The molecular formula is C29H33Cl2N3O5S. The van der Waals surface area contributed by atoms with Crippen LogP contribution < -0.4 is 14.4 Å². The second-order valence-electron chi connectivity index (χ2n) is 9.03. The minimum atomic E-state index is -4.20. The molecule has 1 N–H and O–H groups in total. The van der Waals surface area contributed by atoms with Gasteiger partial charge in [0.05, 0.1) is 17.7 Å². The van der Waals surface area contributed by atoms with Crippen LogP contribution in [-0.2, 0) is 26.2 Å². The Morgan fingerprint density at radius 3 is 2.00 bits per heavy atom. The molecule has 0 radical (unpaired) electrons. The molecule has 0 fully saturated rings. The van der Waals surface area contributed by atoms with Crippen molar-refractivity contribution in [2.75, 3.05) is 24.5 Å². The third-order valence-electron chi connectivity index (χ3n) is 6.24. The Balaban J connectivity index is 2.04. The van der Waals surface area contributed by atoms with Crippen molar-refractivity contribution in [1.29, 1.82) is 0 Å². The van der Waals surface area contributed by atoms with Crippen molar-refractivity contribution in [3.63, 3.8) is 0 Å². The Labute approximate surface area is 245 Å². The fourth-order valence-electron chi connectivity index (χ4n) is 4.08. The van der Waals surface area contributed by atoms with E-state index in [1.807, 2.05) is 13.8 Å². The largest absolute Gasteiger partial charge is 0.497 e. The first-order valence-corrected chi connectivity index (χ1v) is 15.0. The lowest BCUT2D eigenvalue weighted by Crippen LogP contribution is -2.52. The maximum atomic E-state index is 14.0. The van der Waals surface area contributed by atoms with Gasteiger partial charge in [-0.15, -0.1) is 0 Å². The lowest BCUT2D eigenvalue weighted by Gasteiger charge is -2.33. The summed E-state index contributed by atoms with van der Waals surface area (Å²) in [7, 11) is -2.71. The molecule has 0 aliphatic heterocycles. The highest BCUT2D eigenvalue weighted by molar-refractivity contribution is 7.92. The Kier molecular flexibility index (Phi) is 11.2. The third-order valence-corrected chi connectivity index (χ3v) is 8.53. The molecule has 0 heterocycles. The number of hydrogen-bond acceptors (Lipinski definition) is 5. The van der Waals surface area contributed by atoms with Crippen molar-refractivity contribution >= 4 is 50.7 Å². The van der Waals surface area contributed by atoms with E-state index in [-0.39, 0.29) is 23.0 Å². The molecule has 3 aromatic rings. The zero-order chi connectivity index (χ0) is 29.3. The molecule has 0 aliphatic rings. The van der Waals surface area contributed by atoms with Crippen LogP contribution in [0.2, 0.25) is 10.0 Å². The standard InChI is InChI=1S/C29H33Cl2N3O5S/c1-4-18-32-29(36)27(5-2)33(19-21-6-8-22(30)9-7-21)28(35)20-34(24-12-10-23(31)11-13-24)40(37,38)26-16-14-25(39-3)15-17-26/h6-17,27H,4-5,18-20H2,1-3H3,(H,32,36)/t27-/m1/s1. The number of rotatable bonds is 13. The predicted octanol–water partition coefficient (Wildman–Crippen LogP) is 5.53. The van der Waals surface area contributed by atoms with Crippen LogP contribution in [0.1, 0.15) is 32.3 Å². The lowest BCUT2D eigenvalue weighted by molar-refractivity contribution is -0.140. The fraction of sp³-hybridized carbons (Fsp3) is 0.310. The smallest absolute Gasteiger partial charge is 0.264 e. The minimum Gasteiger partial charge on any atom is -0.497 e. The Morgan fingerprint density at radius 2 is 1.48 bits per heavy atom. The van der Waals surface area contributed by atoms with Gasteiger partial charge in [0.2, 0.25) is 11.8 Å². The van der Waals surface area contributed by atoms with Crippen LogP contribution in [0.4, 0.5) is 5.69 Å². The van der Waals surface area contributed by atoms with Crippen LogP contribution in [-0.4, -0.2) is 51.4 Å². The Bertz CT molecular complexity index is 1380. The number of methoxy groups -OCH3 is 1. The van der Waals surface area contributed by atoms with E-state index in [2.05, 4.69) is 5.32 Å². The van der Waals surface area contributed by atoms with Crippen molar-refractivity contribution in [2.24, 2.45) is 0 Å². The van der Waals surface area contributed by atoms with Gasteiger partial charge < -0.3 is 15.0 Å². The van der Waals surface area contributed by atoms with Crippen LogP contribution in [0.15, 0.2) is 77.7 Å². The number of carbonyl (C=O) groups excluding carboxylic acids is 2. The summed E-state index contributed by atoms with van der Waals surface area (Å²) in [5.74, 6) is -0.353. The highest BCUT2D eigenvalue weighted by Crippen LogP contribution is 2.27. The number of benzene rings is 3. The number of sulfonamides is 1. The topological polar surface area (TPSA) is 96.0 Å². The number of carbonyl (C=O) groups is 2. The van der Waals surface area contributed by atoms with Crippen molar-refractivity contribution < 1.29 is 22.7 Å². The van der Waals surface area contributed by atoms with E-state index < -0.39 is 28.5 Å². The van der Waals surface area contributed by atoms with Crippen LogP contribution in [0.25, 0.3) is 0 Å². The maximum absolute atomic E-state index is 14.0. The summed E-state index contributed by atoms with van der Waals surface area (Å²) in [5.41, 5.74) is 0.999. The SMILES string of the molecule is CCCNC(=O)[C@@H](CC)N(Cc1ccc(Cl)cc1)C(=O)CN(c1ccc(Cl)cc1)S(=O)(=O)c1ccc(OC)cc1. The second-order valence-corrected chi connectivity index (χ2v) is 11.8. The van der Waals surface area contributed by atoms with E-state index in [0.29, 0.717) is 28.8 Å². The molecular weight excluding hydrogens is 573 g/mol. The van der Waals surface area contributed by atoms with Crippen LogP contribution in [0, 0.1) is 0 Å². The van der Waals surface area contributed by atoms with E-state index in [1.54, 1.807) is 36.4 Å². The molecule has 0 aliphatic carbocycles. The van der Waals surface area contributed by atoms with E-state index >= 15 is 0 Å². The molecule has 214 valence electrons. The normalized spacial score (nSPS) is 11.9. The maximum Gasteiger partial charge on any atom is 0.264 e. The summed E-state index contributed by atoms with van der Waals surface area (Å²) >= 11 is 12.1. The number of nitrogens with zero attached hydrogens (tertiary/aromatic N) is 2. The molecule has 0 bridgehead atoms. The summed E-state index contributed by atoms with van der Waals surface area (Å²) < 4.78 is 33.9. The van der Waals surface area contributed by atoms with Crippen molar-refractivity contribution in [2.45, 2.75) is 44.2 Å². The number of anilines is 1. The third kappa shape index (κ3) is 7.90. The van der Waals surface area contributed by atoms with E-state index in [9.17, 15) is 18.0 Å². The number of halogens is 2. The van der Waals surface area contributed by atoms with Gasteiger partial charge >= 0.3 is 0 Å². The minimum absolute atomic E-state index is 0.0203. The van der Waals surface area contributed by atoms with Crippen LogP contribution in [0.5, 0.6) is 5.75 Å². The molecule has 0 spiro atoms. The van der Waals surface area contributed by atoms with E-state index in [1.165, 1.54) is 48.4 Å². The summed E-state index contributed by atoms with van der Waals surface area (Å²) in [6.07, 6.45) is 1.07. The number of nitrogens with one attached hydrogen (secondary N) is 1. The van der Waals surface area contributed by atoms with Gasteiger partial charge in [0, 0.05) is 23.1 Å². The van der Waals surface area contributed by atoms with Gasteiger partial charge in [0.15, 0.2) is 0 Å². The fourth-order valence-corrected chi connectivity index (χ4v) is 5.75. The van der Waals surface area contributed by atoms with E-state index in [4.69, 9.17) is 27.9 Å². The van der Waals surface area contributed by atoms with Gasteiger partial charge in [0.1, 0.15) is 18.3 Å². The summed E-state index contributed by atoms with van der Waals surface area (Å²) in [5, 5.41) is 3.81. The first kappa shape index (κ1) is 31.3. The predicted molar refractivity (Wildman–Crippen MR) is 158 cm³/mol. The molecule has 0 saturated carbocycles. The van der Waals surface area contributed by atoms with Gasteiger partial charge in [-0.25, -0.2) is 8.42 Å². The first-order valence-electron chi connectivity index (χ1n) is 12.8. The van der Waals surface area contributed by atoms with Gasteiger partial charge in [-0.3, -0.25) is 13.9 Å². The quantitative estimate of drug-likeness (QED) is 0.276. The average molecular weight is 607 g/mol. The molecule has 11 heteroatoms. The monoisotopic (exact) mass is 605 g/mol. The Morgan fingerprint density at radius 1 is 0.900 bits per heavy atom. The van der Waals surface area contributed by atoms with Gasteiger partial charge in [0.25, 0.3) is 10.0 Å². The molecule has 40 heavy (non-hydrogen) atoms. The van der Waals surface area contributed by atoms with Crippen LogP contribution >= 0.6 is 23.2 Å². The molecule has 3 aromatic carbocycles. The van der Waals surface area contributed by atoms with Gasteiger partial charge in [-0.05, 0) is 79.1 Å².